The largest absolute Gasteiger partial charge is 0.355 e. The van der Waals surface area contributed by atoms with Gasteiger partial charge < -0.3 is 4.98 Å². The van der Waals surface area contributed by atoms with Crippen molar-refractivity contribution < 1.29 is 9.59 Å². The minimum atomic E-state index is -0.412. The monoisotopic (exact) mass is 394 g/mol. The highest BCUT2D eigenvalue weighted by Crippen LogP contribution is 2.28. The van der Waals surface area contributed by atoms with Crippen molar-refractivity contribution in [1.82, 2.24) is 10.3 Å². The van der Waals surface area contributed by atoms with E-state index < -0.39 is 6.04 Å². The zero-order chi connectivity index (χ0) is 20.4. The Bertz CT molecular complexity index is 985. The van der Waals surface area contributed by atoms with Gasteiger partial charge in [-0.15, -0.1) is 11.3 Å². The van der Waals surface area contributed by atoms with Crippen LogP contribution in [-0.2, 0) is 0 Å². The van der Waals surface area contributed by atoms with Gasteiger partial charge in [0, 0.05) is 16.1 Å². The maximum Gasteiger partial charge on any atom is 0.195 e. The molecule has 0 unspecified atom stereocenters. The quantitative estimate of drug-likeness (QED) is 0.545. The summed E-state index contributed by atoms with van der Waals surface area (Å²) in [6.45, 7) is 9.13. The SMILES string of the molecule is CC(=O)c1c(C)[nH]c(C(=O)[C@@H](C)N[C@H](c2ccc(C)cc2)c2cccs2)c1C. The van der Waals surface area contributed by atoms with Crippen molar-refractivity contribution >= 4 is 22.9 Å². The average molecular weight is 395 g/mol. The number of carbonyl (C=O) groups is 2. The third kappa shape index (κ3) is 4.01. The van der Waals surface area contributed by atoms with Gasteiger partial charge in [0.2, 0.25) is 0 Å². The molecule has 3 aromatic rings. The van der Waals surface area contributed by atoms with Crippen molar-refractivity contribution in [2.75, 3.05) is 0 Å². The van der Waals surface area contributed by atoms with Crippen molar-refractivity contribution in [3.05, 3.63) is 80.3 Å². The van der Waals surface area contributed by atoms with Gasteiger partial charge in [0.05, 0.1) is 17.8 Å². The van der Waals surface area contributed by atoms with Gasteiger partial charge in [-0.1, -0.05) is 35.9 Å². The molecule has 0 saturated carbocycles. The van der Waals surface area contributed by atoms with Crippen LogP contribution in [0.25, 0.3) is 0 Å². The molecular formula is C23H26N2O2S. The predicted molar refractivity (Wildman–Crippen MR) is 115 cm³/mol. The van der Waals surface area contributed by atoms with Crippen LogP contribution in [0.1, 0.15) is 68.0 Å². The van der Waals surface area contributed by atoms with Gasteiger partial charge in [-0.2, -0.15) is 0 Å². The number of benzene rings is 1. The zero-order valence-electron chi connectivity index (χ0n) is 16.9. The third-order valence-electron chi connectivity index (χ3n) is 5.08. The van der Waals surface area contributed by atoms with E-state index in [9.17, 15) is 9.59 Å². The summed E-state index contributed by atoms with van der Waals surface area (Å²) in [6.07, 6.45) is 0. The lowest BCUT2D eigenvalue weighted by Crippen LogP contribution is -2.37. The zero-order valence-corrected chi connectivity index (χ0v) is 17.7. The Morgan fingerprint density at radius 3 is 2.29 bits per heavy atom. The maximum atomic E-state index is 13.1. The van der Waals surface area contributed by atoms with Crippen molar-refractivity contribution in [3.8, 4) is 0 Å². The Balaban J connectivity index is 1.89. The molecule has 0 spiro atoms. The van der Waals surface area contributed by atoms with Crippen LogP contribution in [0.15, 0.2) is 41.8 Å². The first kappa shape index (κ1) is 20.2. The number of carbonyl (C=O) groups excluding carboxylic acids is 2. The van der Waals surface area contributed by atoms with Crippen molar-refractivity contribution in [3.63, 3.8) is 0 Å². The van der Waals surface area contributed by atoms with Gasteiger partial charge in [-0.05, 0) is 57.2 Å². The van der Waals surface area contributed by atoms with Crippen molar-refractivity contribution in [2.45, 2.75) is 46.7 Å². The second kappa shape index (κ2) is 8.25. The number of aromatic amines is 1. The van der Waals surface area contributed by atoms with Crippen LogP contribution in [0.2, 0.25) is 0 Å². The van der Waals surface area contributed by atoms with Gasteiger partial charge in [0.25, 0.3) is 0 Å². The minimum absolute atomic E-state index is 0.0259. The van der Waals surface area contributed by atoms with E-state index in [1.807, 2.05) is 32.2 Å². The first-order valence-electron chi connectivity index (χ1n) is 9.40. The Hall–Kier alpha value is -2.50. The molecular weight excluding hydrogens is 368 g/mol. The number of thiophene rings is 1. The highest BCUT2D eigenvalue weighted by atomic mass is 32.1. The van der Waals surface area contributed by atoms with Crippen molar-refractivity contribution in [1.29, 1.82) is 0 Å². The Morgan fingerprint density at radius 2 is 1.75 bits per heavy atom. The molecule has 2 heterocycles. The topological polar surface area (TPSA) is 62.0 Å². The third-order valence-corrected chi connectivity index (χ3v) is 6.02. The summed E-state index contributed by atoms with van der Waals surface area (Å²) in [4.78, 5) is 29.3. The van der Waals surface area contributed by atoms with E-state index in [4.69, 9.17) is 0 Å². The standard InChI is InChI=1S/C23H26N2O2S/c1-13-8-10-18(11-9-13)22(19-7-6-12-28-19)25-16(4)23(27)21-14(2)20(17(5)26)15(3)24-21/h6-12,16,22,24-25H,1-5H3/t16-,22-/m1/s1. The predicted octanol–water partition coefficient (Wildman–Crippen LogP) is 5.15. The second-order valence-corrected chi connectivity index (χ2v) is 8.27. The molecule has 5 heteroatoms. The van der Waals surface area contributed by atoms with Gasteiger partial charge in [-0.3, -0.25) is 14.9 Å². The van der Waals surface area contributed by atoms with E-state index in [0.29, 0.717) is 11.3 Å². The van der Waals surface area contributed by atoms with E-state index in [0.717, 1.165) is 21.7 Å². The second-order valence-electron chi connectivity index (χ2n) is 7.29. The van der Waals surface area contributed by atoms with E-state index >= 15 is 0 Å². The fraction of sp³-hybridized carbons (Fsp3) is 0.304. The fourth-order valence-electron chi connectivity index (χ4n) is 3.62. The fourth-order valence-corrected chi connectivity index (χ4v) is 4.44. The van der Waals surface area contributed by atoms with Crippen molar-refractivity contribution in [2.24, 2.45) is 0 Å². The number of hydrogen-bond acceptors (Lipinski definition) is 4. The average Bonchev–Trinajstić information content (AvgIpc) is 3.27. The first-order valence-corrected chi connectivity index (χ1v) is 10.3. The normalized spacial score (nSPS) is 13.3. The first-order chi connectivity index (χ1) is 13.3. The molecule has 0 aliphatic rings. The summed E-state index contributed by atoms with van der Waals surface area (Å²) in [6, 6.07) is 12.0. The van der Waals surface area contributed by atoms with Crippen LogP contribution in [0.5, 0.6) is 0 Å². The molecule has 0 saturated heterocycles. The molecule has 0 aliphatic heterocycles. The molecule has 2 atom stereocenters. The van der Waals surface area contributed by atoms with Crippen LogP contribution in [0.3, 0.4) is 0 Å². The molecule has 0 fully saturated rings. The lowest BCUT2D eigenvalue weighted by molar-refractivity contribution is 0.0942. The van der Waals surface area contributed by atoms with Gasteiger partial charge in [-0.25, -0.2) is 0 Å². The molecule has 0 amide bonds. The van der Waals surface area contributed by atoms with E-state index in [1.165, 1.54) is 12.5 Å². The number of H-pyrrole nitrogens is 1. The smallest absolute Gasteiger partial charge is 0.195 e. The summed E-state index contributed by atoms with van der Waals surface area (Å²) >= 11 is 1.67. The maximum absolute atomic E-state index is 13.1. The summed E-state index contributed by atoms with van der Waals surface area (Å²) in [7, 11) is 0. The molecule has 0 radical (unpaired) electrons. The number of nitrogens with one attached hydrogen (secondary N) is 2. The lowest BCUT2D eigenvalue weighted by atomic mass is 10.00. The van der Waals surface area contributed by atoms with Crippen LogP contribution >= 0.6 is 11.3 Å². The summed E-state index contributed by atoms with van der Waals surface area (Å²) in [5.74, 6) is -0.0659. The number of Topliss-reactive ketones (excluding diaryl/α,β-unsaturated/α-hetero) is 2. The molecule has 0 aliphatic carbocycles. The van der Waals surface area contributed by atoms with Gasteiger partial charge in [0.1, 0.15) is 0 Å². The minimum Gasteiger partial charge on any atom is -0.355 e. The Morgan fingerprint density at radius 1 is 1.07 bits per heavy atom. The van der Waals surface area contributed by atoms with E-state index in [-0.39, 0.29) is 17.6 Å². The van der Waals surface area contributed by atoms with E-state index in [2.05, 4.69) is 47.6 Å². The van der Waals surface area contributed by atoms with Crippen LogP contribution in [0.4, 0.5) is 0 Å². The van der Waals surface area contributed by atoms with Crippen LogP contribution in [0, 0.1) is 20.8 Å². The van der Waals surface area contributed by atoms with Crippen LogP contribution in [-0.4, -0.2) is 22.6 Å². The molecule has 28 heavy (non-hydrogen) atoms. The van der Waals surface area contributed by atoms with Gasteiger partial charge >= 0.3 is 0 Å². The molecule has 1 aromatic carbocycles. The summed E-state index contributed by atoms with van der Waals surface area (Å²) < 4.78 is 0. The molecule has 4 nitrogen and oxygen atoms in total. The highest BCUT2D eigenvalue weighted by molar-refractivity contribution is 7.10. The lowest BCUT2D eigenvalue weighted by Gasteiger charge is -2.22. The molecule has 2 aromatic heterocycles. The number of rotatable bonds is 7. The van der Waals surface area contributed by atoms with E-state index in [1.54, 1.807) is 11.3 Å². The molecule has 146 valence electrons. The van der Waals surface area contributed by atoms with Crippen LogP contribution < -0.4 is 5.32 Å². The molecule has 2 N–H and O–H groups in total. The van der Waals surface area contributed by atoms with Gasteiger partial charge in [0.15, 0.2) is 11.6 Å². The molecule has 3 rings (SSSR count). The number of ketones is 2. The Kier molecular flexibility index (Phi) is 5.96. The molecule has 0 bridgehead atoms. The summed E-state index contributed by atoms with van der Waals surface area (Å²) in [5, 5.41) is 5.54. The summed E-state index contributed by atoms with van der Waals surface area (Å²) in [5.41, 5.74) is 4.92. The number of aromatic nitrogens is 1. The number of aryl methyl sites for hydroxylation is 2. The highest BCUT2D eigenvalue weighted by Gasteiger charge is 2.26. The number of hydrogen-bond donors (Lipinski definition) is 2. The Labute approximate surface area is 170 Å².